The van der Waals surface area contributed by atoms with Crippen LogP contribution >= 0.6 is 7.82 Å². The van der Waals surface area contributed by atoms with Crippen LogP contribution in [-0.4, -0.2) is 59.9 Å². The van der Waals surface area contributed by atoms with Crippen LogP contribution < -0.4 is 5.73 Å². The SMILES string of the molecule is CCCCCCCCCCCCCCCCCC(=O)OC[C@H](COP(=O)(O)OC[C@H](N)C(=O)O)OC(=O)CCCCCCCCCCC. The molecule has 0 amide bonds. The van der Waals surface area contributed by atoms with Gasteiger partial charge < -0.3 is 25.2 Å². The molecule has 0 bridgehead atoms. The molecule has 0 spiro atoms. The topological polar surface area (TPSA) is 172 Å². The number of unbranched alkanes of at least 4 members (excludes halogenated alkanes) is 22. The van der Waals surface area contributed by atoms with E-state index in [1.807, 2.05) is 0 Å². The molecule has 0 fully saturated rings. The quantitative estimate of drug-likeness (QED) is 0.0322. The van der Waals surface area contributed by atoms with Crippen LogP contribution in [0.5, 0.6) is 0 Å². The van der Waals surface area contributed by atoms with Gasteiger partial charge in [-0.1, -0.05) is 155 Å². The Morgan fingerprint density at radius 3 is 1.31 bits per heavy atom. The Bertz CT molecular complexity index is 844. The third-order valence-corrected chi connectivity index (χ3v) is 9.31. The molecule has 0 saturated heterocycles. The van der Waals surface area contributed by atoms with Gasteiger partial charge in [0.1, 0.15) is 12.6 Å². The van der Waals surface area contributed by atoms with E-state index in [2.05, 4.69) is 18.4 Å². The monoisotopic (exact) mass is 707 g/mol. The lowest BCUT2D eigenvalue weighted by Gasteiger charge is -2.20. The number of hydrogen-bond donors (Lipinski definition) is 3. The highest BCUT2D eigenvalue weighted by Crippen LogP contribution is 2.43. The molecule has 11 nitrogen and oxygen atoms in total. The van der Waals surface area contributed by atoms with E-state index in [9.17, 15) is 23.8 Å². The summed E-state index contributed by atoms with van der Waals surface area (Å²) in [7, 11) is -4.70. The Morgan fingerprint density at radius 1 is 0.562 bits per heavy atom. The molecule has 0 heterocycles. The maximum absolute atomic E-state index is 12.5. The van der Waals surface area contributed by atoms with E-state index < -0.39 is 51.1 Å². The van der Waals surface area contributed by atoms with Crippen LogP contribution in [0.25, 0.3) is 0 Å². The lowest BCUT2D eigenvalue weighted by atomic mass is 10.0. The van der Waals surface area contributed by atoms with Crippen LogP contribution in [0, 0.1) is 0 Å². The molecule has 0 aliphatic carbocycles. The summed E-state index contributed by atoms with van der Waals surface area (Å²) in [4.78, 5) is 45.6. The van der Waals surface area contributed by atoms with Gasteiger partial charge in [0, 0.05) is 12.8 Å². The summed E-state index contributed by atoms with van der Waals surface area (Å²) >= 11 is 0. The van der Waals surface area contributed by atoms with E-state index >= 15 is 0 Å². The number of esters is 2. The molecule has 0 aromatic carbocycles. The van der Waals surface area contributed by atoms with E-state index in [-0.39, 0.29) is 19.4 Å². The first kappa shape index (κ1) is 46.5. The summed E-state index contributed by atoms with van der Waals surface area (Å²) in [6, 6.07) is -1.51. The minimum Gasteiger partial charge on any atom is -0.480 e. The van der Waals surface area contributed by atoms with E-state index in [1.54, 1.807) is 0 Å². The standard InChI is InChI=1S/C36H70NO10P/c1-3-5-7-9-11-13-14-15-16-17-18-20-21-23-25-27-34(38)44-29-32(30-45-48(42,43)46-31-33(37)36(40)41)47-35(39)28-26-24-22-19-12-10-8-6-4-2/h32-33H,3-31,37H2,1-2H3,(H,40,41)(H,42,43)/t32-,33+/m1/s1. The van der Waals surface area contributed by atoms with Crippen molar-refractivity contribution in [1.29, 1.82) is 0 Å². The Kier molecular flexibility index (Phi) is 31.6. The van der Waals surface area contributed by atoms with Gasteiger partial charge in [-0.2, -0.15) is 0 Å². The zero-order valence-electron chi connectivity index (χ0n) is 30.3. The van der Waals surface area contributed by atoms with Crippen LogP contribution in [0.4, 0.5) is 0 Å². The summed E-state index contributed by atoms with van der Waals surface area (Å²) in [6.07, 6.45) is 27.5. The van der Waals surface area contributed by atoms with Gasteiger partial charge in [0.25, 0.3) is 0 Å². The molecule has 0 rings (SSSR count). The Labute approximate surface area is 291 Å². The molecule has 4 N–H and O–H groups in total. The molecule has 48 heavy (non-hydrogen) atoms. The van der Waals surface area contributed by atoms with Crippen LogP contribution in [0.2, 0.25) is 0 Å². The Morgan fingerprint density at radius 2 is 0.917 bits per heavy atom. The number of hydrogen-bond acceptors (Lipinski definition) is 9. The minimum atomic E-state index is -4.70. The van der Waals surface area contributed by atoms with Crippen LogP contribution in [0.1, 0.15) is 181 Å². The first-order valence-corrected chi connectivity index (χ1v) is 20.6. The van der Waals surface area contributed by atoms with Crippen molar-refractivity contribution in [3.8, 4) is 0 Å². The van der Waals surface area contributed by atoms with Crippen LogP contribution in [0.3, 0.4) is 0 Å². The van der Waals surface area contributed by atoms with Gasteiger partial charge in [0.05, 0.1) is 13.2 Å². The predicted molar refractivity (Wildman–Crippen MR) is 190 cm³/mol. The van der Waals surface area contributed by atoms with Gasteiger partial charge >= 0.3 is 25.7 Å². The second kappa shape index (κ2) is 32.7. The molecular formula is C36H70NO10P. The highest BCUT2D eigenvalue weighted by atomic mass is 31.2. The van der Waals surface area contributed by atoms with Crippen molar-refractivity contribution < 1.29 is 47.5 Å². The third kappa shape index (κ3) is 31.7. The summed E-state index contributed by atoms with van der Waals surface area (Å²) in [5, 5.41) is 8.84. The fraction of sp³-hybridized carbons (Fsp3) is 0.917. The number of rotatable bonds is 36. The average molecular weight is 708 g/mol. The maximum atomic E-state index is 12.5. The fourth-order valence-corrected chi connectivity index (χ4v) is 6.08. The summed E-state index contributed by atoms with van der Waals surface area (Å²) in [5.74, 6) is -2.37. The fourth-order valence-electron chi connectivity index (χ4n) is 5.30. The summed E-state index contributed by atoms with van der Waals surface area (Å²) in [5.41, 5.74) is 5.31. The smallest absolute Gasteiger partial charge is 0.472 e. The van der Waals surface area contributed by atoms with E-state index in [0.717, 1.165) is 38.5 Å². The van der Waals surface area contributed by atoms with Crippen LogP contribution in [0.15, 0.2) is 0 Å². The molecule has 1 unspecified atom stereocenters. The lowest BCUT2D eigenvalue weighted by molar-refractivity contribution is -0.161. The van der Waals surface area contributed by atoms with Gasteiger partial charge in [-0.15, -0.1) is 0 Å². The number of nitrogens with two attached hydrogens (primary N) is 1. The van der Waals surface area contributed by atoms with Gasteiger partial charge in [-0.25, -0.2) is 4.57 Å². The van der Waals surface area contributed by atoms with Crippen molar-refractivity contribution in [2.75, 3.05) is 19.8 Å². The molecule has 12 heteroatoms. The normalized spacial score (nSPS) is 13.9. The number of carboxylic acids is 1. The molecule has 3 atom stereocenters. The van der Waals surface area contributed by atoms with Crippen molar-refractivity contribution >= 4 is 25.7 Å². The molecule has 0 aliphatic heterocycles. The number of carbonyl (C=O) groups excluding carboxylic acids is 2. The largest absolute Gasteiger partial charge is 0.480 e. The molecule has 0 saturated carbocycles. The van der Waals surface area contributed by atoms with Crippen molar-refractivity contribution in [2.24, 2.45) is 5.73 Å². The van der Waals surface area contributed by atoms with Crippen molar-refractivity contribution in [2.45, 2.75) is 193 Å². The van der Waals surface area contributed by atoms with Gasteiger partial charge in [0.15, 0.2) is 6.10 Å². The summed E-state index contributed by atoms with van der Waals surface area (Å²) < 4.78 is 32.5. The summed E-state index contributed by atoms with van der Waals surface area (Å²) in [6.45, 7) is 2.77. The molecular weight excluding hydrogens is 637 g/mol. The van der Waals surface area contributed by atoms with Crippen LogP contribution in [-0.2, 0) is 37.5 Å². The average Bonchev–Trinajstić information content (AvgIpc) is 3.05. The molecule has 0 aromatic rings. The lowest BCUT2D eigenvalue weighted by Crippen LogP contribution is -2.34. The third-order valence-electron chi connectivity index (χ3n) is 8.36. The van der Waals surface area contributed by atoms with Crippen molar-refractivity contribution in [1.82, 2.24) is 0 Å². The second-order valence-corrected chi connectivity index (χ2v) is 14.5. The highest BCUT2D eigenvalue weighted by Gasteiger charge is 2.28. The molecule has 0 aliphatic rings. The van der Waals surface area contributed by atoms with Gasteiger partial charge in [-0.05, 0) is 12.8 Å². The van der Waals surface area contributed by atoms with E-state index in [1.165, 1.54) is 103 Å². The minimum absolute atomic E-state index is 0.167. The molecule has 0 aromatic heterocycles. The predicted octanol–water partition coefficient (Wildman–Crippen LogP) is 9.17. The van der Waals surface area contributed by atoms with Crippen molar-refractivity contribution in [3.63, 3.8) is 0 Å². The zero-order chi connectivity index (χ0) is 35.7. The van der Waals surface area contributed by atoms with Crippen molar-refractivity contribution in [3.05, 3.63) is 0 Å². The second-order valence-electron chi connectivity index (χ2n) is 13.1. The number of phosphoric ester groups is 1. The molecule has 284 valence electrons. The number of ether oxygens (including phenoxy) is 2. The number of phosphoric acid groups is 1. The number of carbonyl (C=O) groups is 3. The zero-order valence-corrected chi connectivity index (χ0v) is 31.2. The van der Waals surface area contributed by atoms with E-state index in [4.69, 9.17) is 24.8 Å². The van der Waals surface area contributed by atoms with E-state index in [0.29, 0.717) is 12.8 Å². The first-order chi connectivity index (χ1) is 23.1. The van der Waals surface area contributed by atoms with Gasteiger partial charge in [-0.3, -0.25) is 23.4 Å². The number of carboxylic acid groups (broad SMARTS) is 1. The number of aliphatic carboxylic acids is 1. The Balaban J connectivity index is 4.35. The highest BCUT2D eigenvalue weighted by molar-refractivity contribution is 7.47. The molecule has 0 radical (unpaired) electrons. The maximum Gasteiger partial charge on any atom is 0.472 e. The Hall–Kier alpha value is -1.52. The first-order valence-electron chi connectivity index (χ1n) is 19.1. The van der Waals surface area contributed by atoms with Gasteiger partial charge in [0.2, 0.25) is 0 Å².